The monoisotopic (exact) mass is 298 g/mol. The fourth-order valence-corrected chi connectivity index (χ4v) is 1.96. The van der Waals surface area contributed by atoms with Crippen LogP contribution >= 0.6 is 11.6 Å². The van der Waals surface area contributed by atoms with Crippen LogP contribution in [0.3, 0.4) is 0 Å². The van der Waals surface area contributed by atoms with Gasteiger partial charge in [0.25, 0.3) is 0 Å². The lowest BCUT2D eigenvalue weighted by Crippen LogP contribution is -2.00. The zero-order valence-electron chi connectivity index (χ0n) is 10.7. The Morgan fingerprint density at radius 1 is 1.20 bits per heavy atom. The smallest absolute Gasteiger partial charge is 0.132 e. The van der Waals surface area contributed by atoms with Crippen LogP contribution < -0.4 is 4.74 Å². The van der Waals surface area contributed by atoms with E-state index >= 15 is 0 Å². The van der Waals surface area contributed by atoms with Gasteiger partial charge in [-0.15, -0.1) is 0 Å². The lowest BCUT2D eigenvalue weighted by atomic mass is 10.1. The first-order chi connectivity index (χ1) is 9.47. The molecule has 0 fully saturated rings. The van der Waals surface area contributed by atoms with Gasteiger partial charge in [0.1, 0.15) is 24.0 Å². The first-order valence-electron chi connectivity index (χ1n) is 6.01. The van der Waals surface area contributed by atoms with Gasteiger partial charge in [-0.1, -0.05) is 17.7 Å². The van der Waals surface area contributed by atoms with Crippen molar-refractivity contribution in [3.63, 3.8) is 0 Å². The van der Waals surface area contributed by atoms with E-state index in [9.17, 15) is 13.9 Å². The highest BCUT2D eigenvalue weighted by atomic mass is 35.5. The second-order valence-electron chi connectivity index (χ2n) is 4.38. The van der Waals surface area contributed by atoms with Crippen LogP contribution in [0.15, 0.2) is 36.4 Å². The van der Waals surface area contributed by atoms with Crippen LogP contribution in [0.25, 0.3) is 0 Å². The molecule has 2 aromatic rings. The molecule has 2 rings (SSSR count). The van der Waals surface area contributed by atoms with Crippen LogP contribution in [0.1, 0.15) is 24.2 Å². The van der Waals surface area contributed by atoms with Gasteiger partial charge in [0.05, 0.1) is 11.1 Å². The summed E-state index contributed by atoms with van der Waals surface area (Å²) in [6.45, 7) is 1.59. The molecule has 0 aliphatic rings. The molecule has 0 aliphatic carbocycles. The van der Waals surface area contributed by atoms with Crippen LogP contribution in [-0.2, 0) is 6.61 Å². The Labute approximate surface area is 120 Å². The summed E-state index contributed by atoms with van der Waals surface area (Å²) >= 11 is 5.87. The fraction of sp³-hybridized carbons (Fsp3) is 0.200. The second kappa shape index (κ2) is 6.20. The molecular formula is C15H13ClF2O2. The highest BCUT2D eigenvalue weighted by Gasteiger charge is 2.09. The Kier molecular flexibility index (Phi) is 4.57. The summed E-state index contributed by atoms with van der Waals surface area (Å²) in [6.07, 6.45) is -0.879. The molecule has 2 aromatic carbocycles. The average molecular weight is 299 g/mol. The standard InChI is InChI=1S/C15H13ClF2O2/c1-9(19)13-5-4-12(7-15(13)18)20-8-10-2-3-11(17)6-14(10)16/h2-7,9,19H,8H2,1H3. The summed E-state index contributed by atoms with van der Waals surface area (Å²) in [5, 5.41) is 9.59. The van der Waals surface area contributed by atoms with E-state index in [0.29, 0.717) is 11.3 Å². The summed E-state index contributed by atoms with van der Waals surface area (Å²) in [6, 6.07) is 8.20. The van der Waals surface area contributed by atoms with Crippen molar-refractivity contribution < 1.29 is 18.6 Å². The van der Waals surface area contributed by atoms with Crippen molar-refractivity contribution in [1.82, 2.24) is 0 Å². The first kappa shape index (κ1) is 14.8. The molecule has 1 atom stereocenters. The van der Waals surface area contributed by atoms with E-state index in [1.54, 1.807) is 6.07 Å². The fourth-order valence-electron chi connectivity index (χ4n) is 1.74. The van der Waals surface area contributed by atoms with Crippen molar-refractivity contribution in [3.05, 3.63) is 64.2 Å². The number of rotatable bonds is 4. The average Bonchev–Trinajstić information content (AvgIpc) is 2.37. The molecule has 2 nitrogen and oxygen atoms in total. The molecule has 1 N–H and O–H groups in total. The van der Waals surface area contributed by atoms with Crippen LogP contribution in [-0.4, -0.2) is 5.11 Å². The van der Waals surface area contributed by atoms with Gasteiger partial charge in [0, 0.05) is 17.2 Å². The third-order valence-corrected chi connectivity index (χ3v) is 3.18. The van der Waals surface area contributed by atoms with Gasteiger partial charge in [-0.05, 0) is 31.2 Å². The third kappa shape index (κ3) is 3.46. The van der Waals surface area contributed by atoms with E-state index < -0.39 is 17.7 Å². The minimum atomic E-state index is -0.879. The summed E-state index contributed by atoms with van der Waals surface area (Å²) in [5.74, 6) is -0.652. The normalized spacial score (nSPS) is 12.2. The van der Waals surface area contributed by atoms with E-state index in [-0.39, 0.29) is 17.2 Å². The highest BCUT2D eigenvalue weighted by molar-refractivity contribution is 6.31. The molecule has 0 aromatic heterocycles. The van der Waals surface area contributed by atoms with E-state index in [1.165, 1.54) is 37.3 Å². The molecule has 0 radical (unpaired) electrons. The molecule has 5 heteroatoms. The maximum absolute atomic E-state index is 13.6. The van der Waals surface area contributed by atoms with Crippen molar-refractivity contribution in [2.75, 3.05) is 0 Å². The maximum Gasteiger partial charge on any atom is 0.132 e. The molecular weight excluding hydrogens is 286 g/mol. The van der Waals surface area contributed by atoms with Gasteiger partial charge in [-0.3, -0.25) is 0 Å². The lowest BCUT2D eigenvalue weighted by Gasteiger charge is -2.10. The molecule has 0 heterocycles. The predicted octanol–water partition coefficient (Wildman–Crippen LogP) is 4.25. The molecule has 0 saturated heterocycles. The van der Waals surface area contributed by atoms with Crippen LogP contribution in [0.2, 0.25) is 5.02 Å². The Morgan fingerprint density at radius 3 is 2.55 bits per heavy atom. The SMILES string of the molecule is CC(O)c1ccc(OCc2ccc(F)cc2Cl)cc1F. The van der Waals surface area contributed by atoms with Gasteiger partial charge in [-0.2, -0.15) is 0 Å². The van der Waals surface area contributed by atoms with Crippen molar-refractivity contribution in [2.24, 2.45) is 0 Å². The number of ether oxygens (including phenoxy) is 1. The van der Waals surface area contributed by atoms with Crippen molar-refractivity contribution in [3.8, 4) is 5.75 Å². The Balaban J connectivity index is 2.09. The number of benzene rings is 2. The van der Waals surface area contributed by atoms with Gasteiger partial charge < -0.3 is 9.84 Å². The highest BCUT2D eigenvalue weighted by Crippen LogP contribution is 2.24. The van der Waals surface area contributed by atoms with Crippen molar-refractivity contribution in [1.29, 1.82) is 0 Å². The van der Waals surface area contributed by atoms with Gasteiger partial charge >= 0.3 is 0 Å². The molecule has 0 spiro atoms. The minimum absolute atomic E-state index is 0.104. The molecule has 1 unspecified atom stereocenters. The lowest BCUT2D eigenvalue weighted by molar-refractivity contribution is 0.194. The quantitative estimate of drug-likeness (QED) is 0.914. The Morgan fingerprint density at radius 2 is 1.95 bits per heavy atom. The van der Waals surface area contributed by atoms with E-state index in [4.69, 9.17) is 16.3 Å². The molecule has 106 valence electrons. The summed E-state index contributed by atoms with van der Waals surface area (Å²) < 4.78 is 31.9. The largest absolute Gasteiger partial charge is 0.489 e. The van der Waals surface area contributed by atoms with Crippen molar-refractivity contribution >= 4 is 11.6 Å². The number of aliphatic hydroxyl groups excluding tert-OH is 1. The first-order valence-corrected chi connectivity index (χ1v) is 6.39. The molecule has 20 heavy (non-hydrogen) atoms. The topological polar surface area (TPSA) is 29.5 Å². The van der Waals surface area contributed by atoms with E-state index in [2.05, 4.69) is 0 Å². The Bertz CT molecular complexity index is 615. The second-order valence-corrected chi connectivity index (χ2v) is 4.79. The zero-order valence-corrected chi connectivity index (χ0v) is 11.5. The van der Waals surface area contributed by atoms with Crippen LogP contribution in [0, 0.1) is 11.6 Å². The van der Waals surface area contributed by atoms with Crippen molar-refractivity contribution in [2.45, 2.75) is 19.6 Å². The molecule has 0 aliphatic heterocycles. The molecule has 0 saturated carbocycles. The number of aliphatic hydroxyl groups is 1. The van der Waals surface area contributed by atoms with Gasteiger partial charge in [0.15, 0.2) is 0 Å². The minimum Gasteiger partial charge on any atom is -0.489 e. The van der Waals surface area contributed by atoms with Gasteiger partial charge in [-0.25, -0.2) is 8.78 Å². The molecule has 0 amide bonds. The molecule has 0 bridgehead atoms. The third-order valence-electron chi connectivity index (χ3n) is 2.83. The van der Waals surface area contributed by atoms with Crippen LogP contribution in [0.4, 0.5) is 8.78 Å². The predicted molar refractivity (Wildman–Crippen MR) is 72.8 cm³/mol. The maximum atomic E-state index is 13.6. The van der Waals surface area contributed by atoms with Crippen LogP contribution in [0.5, 0.6) is 5.75 Å². The summed E-state index contributed by atoms with van der Waals surface area (Å²) in [7, 11) is 0. The summed E-state index contributed by atoms with van der Waals surface area (Å²) in [5.41, 5.74) is 0.810. The van der Waals surface area contributed by atoms with Gasteiger partial charge in [0.2, 0.25) is 0 Å². The van der Waals surface area contributed by atoms with E-state index in [1.807, 2.05) is 0 Å². The number of hydrogen-bond acceptors (Lipinski definition) is 2. The number of hydrogen-bond donors (Lipinski definition) is 1. The number of halogens is 3. The Hall–Kier alpha value is -1.65. The summed E-state index contributed by atoms with van der Waals surface area (Å²) in [4.78, 5) is 0. The zero-order chi connectivity index (χ0) is 14.7. The van der Waals surface area contributed by atoms with E-state index in [0.717, 1.165) is 0 Å².